The van der Waals surface area contributed by atoms with Crippen LogP contribution in [0.3, 0.4) is 0 Å². The van der Waals surface area contributed by atoms with E-state index in [1.807, 2.05) is 13.8 Å². The number of hydrogen-bond donors (Lipinski definition) is 1. The normalized spacial score (nSPS) is 11.4. The van der Waals surface area contributed by atoms with E-state index in [4.69, 9.17) is 0 Å². The van der Waals surface area contributed by atoms with Gasteiger partial charge in [-0.1, -0.05) is 0 Å². The van der Waals surface area contributed by atoms with Crippen molar-refractivity contribution in [1.29, 1.82) is 0 Å². The summed E-state index contributed by atoms with van der Waals surface area (Å²) in [6.07, 6.45) is 0. The Morgan fingerprint density at radius 1 is 1.41 bits per heavy atom. The van der Waals surface area contributed by atoms with Crippen molar-refractivity contribution < 1.29 is 9.90 Å². The SMILES string of the molecule is CCN(c1cc(C)nc(C)n1)C(C)(C)C(=O)O. The number of rotatable bonds is 4. The van der Waals surface area contributed by atoms with Gasteiger partial charge in [0.15, 0.2) is 0 Å². The first-order chi connectivity index (χ1) is 7.78. The van der Waals surface area contributed by atoms with E-state index >= 15 is 0 Å². The van der Waals surface area contributed by atoms with Gasteiger partial charge in [0.25, 0.3) is 0 Å². The highest BCUT2D eigenvalue weighted by atomic mass is 16.4. The molecule has 0 bridgehead atoms. The monoisotopic (exact) mass is 237 g/mol. The number of carbonyl (C=O) groups is 1. The topological polar surface area (TPSA) is 66.3 Å². The lowest BCUT2D eigenvalue weighted by atomic mass is 10.0. The van der Waals surface area contributed by atoms with E-state index in [1.54, 1.807) is 31.7 Å². The number of anilines is 1. The fourth-order valence-electron chi connectivity index (χ4n) is 1.79. The highest BCUT2D eigenvalue weighted by molar-refractivity contribution is 5.82. The molecule has 5 heteroatoms. The molecule has 0 radical (unpaired) electrons. The lowest BCUT2D eigenvalue weighted by Gasteiger charge is -2.35. The molecule has 0 saturated heterocycles. The standard InChI is InChI=1S/C12H19N3O2/c1-6-15(12(4,5)11(16)17)10-7-8(2)13-9(3)14-10/h7H,6H2,1-5H3,(H,16,17). The Morgan fingerprint density at radius 3 is 2.41 bits per heavy atom. The van der Waals surface area contributed by atoms with Gasteiger partial charge in [-0.05, 0) is 34.6 Å². The minimum absolute atomic E-state index is 0.579. The molecule has 1 aromatic rings. The van der Waals surface area contributed by atoms with Crippen molar-refractivity contribution in [2.24, 2.45) is 0 Å². The molecule has 0 fully saturated rings. The van der Waals surface area contributed by atoms with Crippen molar-refractivity contribution in [3.05, 3.63) is 17.6 Å². The molecule has 0 saturated carbocycles. The Balaban J connectivity index is 3.22. The summed E-state index contributed by atoms with van der Waals surface area (Å²) in [4.78, 5) is 21.5. The molecule has 1 aromatic heterocycles. The zero-order valence-electron chi connectivity index (χ0n) is 11.0. The van der Waals surface area contributed by atoms with Crippen molar-refractivity contribution >= 4 is 11.8 Å². The predicted octanol–water partition coefficient (Wildman–Crippen LogP) is 1.78. The van der Waals surface area contributed by atoms with Crippen LogP contribution in [0.15, 0.2) is 6.07 Å². The maximum atomic E-state index is 11.3. The van der Waals surface area contributed by atoms with Gasteiger partial charge < -0.3 is 10.0 Å². The molecule has 0 aliphatic carbocycles. The summed E-state index contributed by atoms with van der Waals surface area (Å²) < 4.78 is 0. The number of aryl methyl sites for hydroxylation is 2. The first kappa shape index (κ1) is 13.4. The minimum Gasteiger partial charge on any atom is -0.480 e. The molecular weight excluding hydrogens is 218 g/mol. The highest BCUT2D eigenvalue weighted by Gasteiger charge is 2.34. The molecule has 0 aromatic carbocycles. The summed E-state index contributed by atoms with van der Waals surface area (Å²) in [6, 6.07) is 1.81. The molecule has 1 N–H and O–H groups in total. The van der Waals surface area contributed by atoms with Crippen LogP contribution in [-0.4, -0.2) is 33.1 Å². The van der Waals surface area contributed by atoms with E-state index in [0.717, 1.165) is 5.69 Å². The van der Waals surface area contributed by atoms with Crippen LogP contribution in [-0.2, 0) is 4.79 Å². The molecule has 0 amide bonds. The summed E-state index contributed by atoms with van der Waals surface area (Å²) >= 11 is 0. The number of likely N-dealkylation sites (N-methyl/N-ethyl adjacent to an activating group) is 1. The molecule has 0 aliphatic rings. The highest BCUT2D eigenvalue weighted by Crippen LogP contribution is 2.22. The average Bonchev–Trinajstić information content (AvgIpc) is 2.16. The summed E-state index contributed by atoms with van der Waals surface area (Å²) in [5.41, 5.74) is -0.144. The zero-order chi connectivity index (χ0) is 13.2. The minimum atomic E-state index is -0.984. The van der Waals surface area contributed by atoms with E-state index in [0.29, 0.717) is 18.2 Å². The van der Waals surface area contributed by atoms with Gasteiger partial charge in [-0.2, -0.15) is 0 Å². The van der Waals surface area contributed by atoms with Crippen LogP contribution in [0.25, 0.3) is 0 Å². The fraction of sp³-hybridized carbons (Fsp3) is 0.583. The number of hydrogen-bond acceptors (Lipinski definition) is 4. The molecule has 5 nitrogen and oxygen atoms in total. The fourth-order valence-corrected chi connectivity index (χ4v) is 1.79. The van der Waals surface area contributed by atoms with Gasteiger partial charge in [0.1, 0.15) is 17.2 Å². The third-order valence-corrected chi connectivity index (χ3v) is 2.74. The Labute approximate surface area is 102 Å². The van der Waals surface area contributed by atoms with Gasteiger partial charge in [0.05, 0.1) is 0 Å². The summed E-state index contributed by atoms with van der Waals surface area (Å²) in [6.45, 7) is 9.52. The quantitative estimate of drug-likeness (QED) is 0.864. The van der Waals surface area contributed by atoms with Crippen LogP contribution in [0.4, 0.5) is 5.82 Å². The Hall–Kier alpha value is -1.65. The number of aromatic nitrogens is 2. The lowest BCUT2D eigenvalue weighted by molar-refractivity contribution is -0.142. The second-order valence-electron chi connectivity index (χ2n) is 4.52. The van der Waals surface area contributed by atoms with Crippen LogP contribution < -0.4 is 4.90 Å². The van der Waals surface area contributed by atoms with Crippen LogP contribution in [0, 0.1) is 13.8 Å². The molecule has 17 heavy (non-hydrogen) atoms. The van der Waals surface area contributed by atoms with Gasteiger partial charge in [-0.25, -0.2) is 14.8 Å². The molecular formula is C12H19N3O2. The predicted molar refractivity (Wildman–Crippen MR) is 66.2 cm³/mol. The van der Waals surface area contributed by atoms with Gasteiger partial charge in [-0.3, -0.25) is 0 Å². The van der Waals surface area contributed by atoms with Gasteiger partial charge in [0.2, 0.25) is 0 Å². The third kappa shape index (κ3) is 2.72. The third-order valence-electron chi connectivity index (χ3n) is 2.74. The molecule has 94 valence electrons. The summed E-state index contributed by atoms with van der Waals surface area (Å²) in [5, 5.41) is 9.26. The average molecular weight is 237 g/mol. The van der Waals surface area contributed by atoms with Crippen LogP contribution in [0.1, 0.15) is 32.3 Å². The number of aliphatic carboxylic acids is 1. The first-order valence-corrected chi connectivity index (χ1v) is 5.62. The zero-order valence-corrected chi connectivity index (χ0v) is 11.0. The van der Waals surface area contributed by atoms with Crippen molar-refractivity contribution in [2.75, 3.05) is 11.4 Å². The second kappa shape index (κ2) is 4.69. The smallest absolute Gasteiger partial charge is 0.328 e. The van der Waals surface area contributed by atoms with Crippen molar-refractivity contribution in [2.45, 2.75) is 40.2 Å². The number of nitrogens with zero attached hydrogens (tertiary/aromatic N) is 3. The molecule has 1 heterocycles. The number of carboxylic acid groups (broad SMARTS) is 1. The molecule has 0 unspecified atom stereocenters. The Kier molecular flexibility index (Phi) is 3.70. The van der Waals surface area contributed by atoms with Gasteiger partial charge in [0, 0.05) is 18.3 Å². The Bertz CT molecular complexity index is 410. The molecule has 0 atom stereocenters. The van der Waals surface area contributed by atoms with Crippen LogP contribution in [0.5, 0.6) is 0 Å². The second-order valence-corrected chi connectivity index (χ2v) is 4.52. The summed E-state index contributed by atoms with van der Waals surface area (Å²) in [5.74, 6) is 0.442. The largest absolute Gasteiger partial charge is 0.480 e. The van der Waals surface area contributed by atoms with Crippen molar-refractivity contribution in [3.8, 4) is 0 Å². The van der Waals surface area contributed by atoms with Crippen molar-refractivity contribution in [1.82, 2.24) is 9.97 Å². The maximum absolute atomic E-state index is 11.3. The van der Waals surface area contributed by atoms with Crippen LogP contribution >= 0.6 is 0 Å². The van der Waals surface area contributed by atoms with Gasteiger partial charge >= 0.3 is 5.97 Å². The molecule has 0 aliphatic heterocycles. The molecule has 1 rings (SSSR count). The van der Waals surface area contributed by atoms with Crippen LogP contribution in [0.2, 0.25) is 0 Å². The van der Waals surface area contributed by atoms with E-state index in [9.17, 15) is 9.90 Å². The summed E-state index contributed by atoms with van der Waals surface area (Å²) in [7, 11) is 0. The van der Waals surface area contributed by atoms with E-state index in [-0.39, 0.29) is 0 Å². The first-order valence-electron chi connectivity index (χ1n) is 5.62. The van der Waals surface area contributed by atoms with Crippen molar-refractivity contribution in [3.63, 3.8) is 0 Å². The maximum Gasteiger partial charge on any atom is 0.328 e. The number of carboxylic acids is 1. The Morgan fingerprint density at radius 2 is 2.00 bits per heavy atom. The lowest BCUT2D eigenvalue weighted by Crippen LogP contribution is -2.50. The van der Waals surface area contributed by atoms with Gasteiger partial charge in [-0.15, -0.1) is 0 Å². The van der Waals surface area contributed by atoms with E-state index in [2.05, 4.69) is 9.97 Å². The molecule has 0 spiro atoms. The van der Waals surface area contributed by atoms with E-state index in [1.165, 1.54) is 0 Å². The van der Waals surface area contributed by atoms with E-state index < -0.39 is 11.5 Å².